The number of aryl methyl sites for hydroxylation is 1. The Morgan fingerprint density at radius 3 is 2.45 bits per heavy atom. The normalized spacial score (nSPS) is 22.5. The van der Waals surface area contributed by atoms with Crippen LogP contribution in [0.3, 0.4) is 0 Å². The fraction of sp³-hybridized carbons (Fsp3) is 0.792. The molecule has 7 nitrogen and oxygen atoms in total. The number of thiazole rings is 1. The number of carbonyl (C=O) groups is 1. The highest BCUT2D eigenvalue weighted by molar-refractivity contribution is 7.80. The number of ether oxygens (including phenoxy) is 3. The molecule has 2 N–H and O–H groups in total. The fourth-order valence-electron chi connectivity index (χ4n) is 4.17. The highest BCUT2D eigenvalue weighted by atomic mass is 32.1. The third-order valence-corrected chi connectivity index (χ3v) is 7.21. The molecule has 0 bridgehead atoms. The monoisotopic (exact) mass is 497 g/mol. The molecule has 4 rings (SSSR count). The van der Waals surface area contributed by atoms with Gasteiger partial charge in [0.2, 0.25) is 0 Å². The first kappa shape index (κ1) is 26.3. The van der Waals surface area contributed by atoms with Crippen LogP contribution in [-0.2, 0) is 33.6 Å². The molecule has 3 aliphatic heterocycles. The lowest BCUT2D eigenvalue weighted by molar-refractivity contribution is 0.0225. The molecule has 0 radical (unpaired) electrons. The van der Waals surface area contributed by atoms with E-state index in [-0.39, 0.29) is 6.09 Å². The standard InChI is InChI=1S/C17H26N2O3S.C7H13NOS/c1-17(2,3)22-16(20)19-9-8-13-14(11-19)23-15(18-13)7-6-12-5-4-10-21-12;8-7(10)4-3-6-2-1-5-9-6/h12H,4-11H2,1-3H3;6H,1-5H2,(H2,8,10). The van der Waals surface area contributed by atoms with Crippen LogP contribution in [0.15, 0.2) is 0 Å². The molecular formula is C24H39N3O4S2. The van der Waals surface area contributed by atoms with Gasteiger partial charge >= 0.3 is 6.09 Å². The average molecular weight is 498 g/mol. The van der Waals surface area contributed by atoms with Gasteiger partial charge in [0.05, 0.1) is 34.4 Å². The van der Waals surface area contributed by atoms with Gasteiger partial charge in [0.15, 0.2) is 0 Å². The summed E-state index contributed by atoms with van der Waals surface area (Å²) in [4.78, 5) is 20.6. The topological polar surface area (TPSA) is 86.9 Å². The van der Waals surface area contributed by atoms with Crippen LogP contribution >= 0.6 is 23.6 Å². The van der Waals surface area contributed by atoms with E-state index < -0.39 is 5.60 Å². The summed E-state index contributed by atoms with van der Waals surface area (Å²) in [6.45, 7) is 8.84. The quantitative estimate of drug-likeness (QED) is 0.566. The maximum Gasteiger partial charge on any atom is 0.410 e. The second-order valence-electron chi connectivity index (χ2n) is 9.94. The van der Waals surface area contributed by atoms with Gasteiger partial charge in [-0.05, 0) is 65.7 Å². The molecule has 2 saturated heterocycles. The molecule has 0 spiro atoms. The number of fused-ring (bicyclic) bond motifs is 1. The predicted octanol–water partition coefficient (Wildman–Crippen LogP) is 4.78. The maximum absolute atomic E-state index is 12.2. The van der Waals surface area contributed by atoms with Gasteiger partial charge in [-0.1, -0.05) is 12.2 Å². The Balaban J connectivity index is 0.000000257. The van der Waals surface area contributed by atoms with Crippen molar-refractivity contribution in [2.45, 2.75) is 103 Å². The van der Waals surface area contributed by atoms with Crippen molar-refractivity contribution < 1.29 is 19.0 Å². The highest BCUT2D eigenvalue weighted by Gasteiger charge is 2.28. The molecule has 2 atom stereocenters. The Hall–Kier alpha value is -1.29. The van der Waals surface area contributed by atoms with E-state index in [1.54, 1.807) is 16.2 Å². The van der Waals surface area contributed by atoms with E-state index in [1.807, 2.05) is 20.8 Å². The molecular weight excluding hydrogens is 458 g/mol. The molecule has 0 saturated carbocycles. The van der Waals surface area contributed by atoms with Crippen LogP contribution in [0.25, 0.3) is 0 Å². The minimum Gasteiger partial charge on any atom is -0.444 e. The van der Waals surface area contributed by atoms with E-state index in [4.69, 9.17) is 37.1 Å². The summed E-state index contributed by atoms with van der Waals surface area (Å²) in [6.07, 6.45) is 10.1. The summed E-state index contributed by atoms with van der Waals surface area (Å²) in [5, 5.41) is 1.18. The lowest BCUT2D eigenvalue weighted by atomic mass is 10.1. The number of nitrogens with zero attached hydrogens (tertiary/aromatic N) is 2. The van der Waals surface area contributed by atoms with Crippen molar-refractivity contribution >= 4 is 34.6 Å². The second kappa shape index (κ2) is 12.4. The zero-order valence-electron chi connectivity index (χ0n) is 20.3. The molecule has 33 heavy (non-hydrogen) atoms. The fourth-order valence-corrected chi connectivity index (χ4v) is 5.43. The van der Waals surface area contributed by atoms with Crippen molar-refractivity contribution in [2.24, 2.45) is 5.73 Å². The lowest BCUT2D eigenvalue weighted by Crippen LogP contribution is -2.39. The largest absolute Gasteiger partial charge is 0.444 e. The van der Waals surface area contributed by atoms with Crippen LogP contribution in [0.2, 0.25) is 0 Å². The number of thiocarbonyl (C=S) groups is 1. The summed E-state index contributed by atoms with van der Waals surface area (Å²) in [6, 6.07) is 0. The molecule has 0 aromatic carbocycles. The van der Waals surface area contributed by atoms with E-state index in [0.29, 0.717) is 30.3 Å². The molecule has 0 aliphatic carbocycles. The molecule has 186 valence electrons. The predicted molar refractivity (Wildman–Crippen MR) is 135 cm³/mol. The van der Waals surface area contributed by atoms with Gasteiger partial charge in [-0.15, -0.1) is 11.3 Å². The van der Waals surface area contributed by atoms with Crippen LogP contribution in [0, 0.1) is 0 Å². The van der Waals surface area contributed by atoms with E-state index in [0.717, 1.165) is 51.0 Å². The summed E-state index contributed by atoms with van der Waals surface area (Å²) >= 11 is 6.49. The first-order valence-corrected chi connectivity index (χ1v) is 13.4. The van der Waals surface area contributed by atoms with Gasteiger partial charge in [-0.3, -0.25) is 0 Å². The van der Waals surface area contributed by atoms with Crippen LogP contribution in [0.1, 0.15) is 81.3 Å². The molecule has 1 aromatic rings. The smallest absolute Gasteiger partial charge is 0.410 e. The van der Waals surface area contributed by atoms with Crippen LogP contribution in [0.4, 0.5) is 4.79 Å². The van der Waals surface area contributed by atoms with E-state index >= 15 is 0 Å². The molecule has 2 unspecified atom stereocenters. The van der Waals surface area contributed by atoms with Crippen LogP contribution in [0.5, 0.6) is 0 Å². The molecule has 1 aromatic heterocycles. The number of amides is 1. The third-order valence-electron chi connectivity index (χ3n) is 5.87. The first-order valence-electron chi connectivity index (χ1n) is 12.2. The Morgan fingerprint density at radius 2 is 1.88 bits per heavy atom. The summed E-state index contributed by atoms with van der Waals surface area (Å²) in [7, 11) is 0. The van der Waals surface area contributed by atoms with Crippen molar-refractivity contribution in [3.05, 3.63) is 15.6 Å². The SMILES string of the molecule is CC(C)(C)OC(=O)N1CCc2nc(CCC3CCCO3)sc2C1.NC(=S)CCC1CCCO1. The minimum atomic E-state index is -0.447. The second-order valence-corrected chi connectivity index (χ2v) is 11.6. The van der Waals surface area contributed by atoms with Gasteiger partial charge in [-0.2, -0.15) is 0 Å². The lowest BCUT2D eigenvalue weighted by Gasteiger charge is -2.29. The number of hydrogen-bond donors (Lipinski definition) is 1. The Kier molecular flexibility index (Phi) is 9.91. The molecule has 9 heteroatoms. The molecule has 3 aliphatic rings. The van der Waals surface area contributed by atoms with E-state index in [2.05, 4.69) is 0 Å². The number of rotatable bonds is 6. The van der Waals surface area contributed by atoms with E-state index in [1.165, 1.54) is 35.6 Å². The van der Waals surface area contributed by atoms with Crippen LogP contribution in [-0.4, -0.2) is 58.5 Å². The van der Waals surface area contributed by atoms with Crippen molar-refractivity contribution in [3.8, 4) is 0 Å². The zero-order valence-corrected chi connectivity index (χ0v) is 21.9. The Labute approximate surface area is 207 Å². The highest BCUT2D eigenvalue weighted by Crippen LogP contribution is 2.28. The number of nitrogens with two attached hydrogens (primary N) is 1. The Morgan fingerprint density at radius 1 is 1.21 bits per heavy atom. The van der Waals surface area contributed by atoms with Crippen molar-refractivity contribution in [2.75, 3.05) is 19.8 Å². The summed E-state index contributed by atoms with van der Waals surface area (Å²) in [5.74, 6) is 0. The number of carbonyl (C=O) groups excluding carboxylic acids is 1. The average Bonchev–Trinajstić information content (AvgIpc) is 3.51. The van der Waals surface area contributed by atoms with Gasteiger partial charge in [-0.25, -0.2) is 9.78 Å². The molecule has 4 heterocycles. The Bertz CT molecular complexity index is 781. The maximum atomic E-state index is 12.2. The molecule has 2 fully saturated rings. The third kappa shape index (κ3) is 9.11. The summed E-state index contributed by atoms with van der Waals surface area (Å²) < 4.78 is 16.5. The number of hydrogen-bond acceptors (Lipinski definition) is 7. The van der Waals surface area contributed by atoms with Gasteiger partial charge < -0.3 is 24.8 Å². The summed E-state index contributed by atoms with van der Waals surface area (Å²) in [5.41, 5.74) is 6.06. The van der Waals surface area contributed by atoms with Gasteiger partial charge in [0, 0.05) is 37.5 Å². The van der Waals surface area contributed by atoms with Gasteiger partial charge in [0.25, 0.3) is 0 Å². The van der Waals surface area contributed by atoms with Crippen molar-refractivity contribution in [1.82, 2.24) is 9.88 Å². The zero-order chi connectivity index (χ0) is 23.8. The van der Waals surface area contributed by atoms with Crippen LogP contribution < -0.4 is 5.73 Å². The van der Waals surface area contributed by atoms with Crippen molar-refractivity contribution in [1.29, 1.82) is 0 Å². The van der Waals surface area contributed by atoms with Crippen molar-refractivity contribution in [3.63, 3.8) is 0 Å². The molecule has 1 amide bonds. The van der Waals surface area contributed by atoms with E-state index in [9.17, 15) is 4.79 Å². The number of aromatic nitrogens is 1. The van der Waals surface area contributed by atoms with Gasteiger partial charge in [0.1, 0.15) is 5.60 Å². The minimum absolute atomic E-state index is 0.225. The first-order chi connectivity index (χ1) is 15.7.